The molecule has 10 nitrogen and oxygen atoms in total. The predicted octanol–water partition coefficient (Wildman–Crippen LogP) is 3.30. The van der Waals surface area contributed by atoms with E-state index in [2.05, 4.69) is 30.8 Å². The number of nitrogens with one attached hydrogen (secondary N) is 3. The largest absolute Gasteiger partial charge is 0.478 e. The van der Waals surface area contributed by atoms with E-state index in [0.29, 0.717) is 32.7 Å². The van der Waals surface area contributed by atoms with Crippen molar-refractivity contribution < 1.29 is 14.7 Å². The molecule has 2 amide bonds. The molecule has 1 aromatic carbocycles. The first-order valence-corrected chi connectivity index (χ1v) is 8.96. The lowest BCUT2D eigenvalue weighted by Crippen LogP contribution is -2.19. The van der Waals surface area contributed by atoms with Gasteiger partial charge in [-0.3, -0.25) is 10.4 Å². The van der Waals surface area contributed by atoms with Gasteiger partial charge in [0.2, 0.25) is 0 Å². The normalized spacial score (nSPS) is 10.4. The van der Waals surface area contributed by atoms with Crippen molar-refractivity contribution in [1.82, 2.24) is 20.2 Å². The highest BCUT2D eigenvalue weighted by molar-refractivity contribution is 7.19. The quantitative estimate of drug-likeness (QED) is 0.406. The van der Waals surface area contributed by atoms with Gasteiger partial charge in [-0.2, -0.15) is 10.4 Å². The minimum absolute atomic E-state index is 0.0525. The molecule has 0 saturated carbocycles. The lowest BCUT2D eigenvalue weighted by Gasteiger charge is -2.05. The summed E-state index contributed by atoms with van der Waals surface area (Å²) in [5, 5.41) is 30.8. The number of aromatic carboxylic acids is 1. The monoisotopic (exact) mass is 405 g/mol. The first kappa shape index (κ1) is 18.1. The molecule has 11 heteroatoms. The third-order valence-electron chi connectivity index (χ3n) is 3.94. The molecule has 0 aliphatic heterocycles. The summed E-state index contributed by atoms with van der Waals surface area (Å²) in [4.78, 5) is 32.8. The zero-order valence-electron chi connectivity index (χ0n) is 14.5. The number of nitrogens with zero attached hydrogens (tertiary/aromatic N) is 4. The number of benzene rings is 1. The van der Waals surface area contributed by atoms with Crippen LogP contribution in [0.5, 0.6) is 0 Å². The number of fused-ring (bicyclic) bond motifs is 1. The second-order valence-electron chi connectivity index (χ2n) is 5.79. The van der Waals surface area contributed by atoms with Gasteiger partial charge in [-0.1, -0.05) is 17.4 Å². The molecule has 4 rings (SSSR count). The number of urea groups is 1. The number of aromatic amines is 1. The minimum atomic E-state index is -1.12. The highest BCUT2D eigenvalue weighted by atomic mass is 32.1. The van der Waals surface area contributed by atoms with E-state index in [-0.39, 0.29) is 10.7 Å². The standard InChI is InChI=1S/C18H11N7O3S/c19-5-9-2-1-3-10(4-9)23-17(28)24-18-21-8-13(29-18)11-6-20-15-12(7-22-25-15)14(11)16(26)27/h1-4,6-8H,(H,26,27)(H,20,22,25)(H2,21,23,24,28). The summed E-state index contributed by atoms with van der Waals surface area (Å²) >= 11 is 1.11. The molecule has 0 fully saturated rings. The Kier molecular flexibility index (Phi) is 4.60. The number of amides is 2. The van der Waals surface area contributed by atoms with E-state index in [4.69, 9.17) is 5.26 Å². The number of H-pyrrole nitrogens is 1. The van der Waals surface area contributed by atoms with Gasteiger partial charge >= 0.3 is 12.0 Å². The molecule has 0 saturated heterocycles. The molecular weight excluding hydrogens is 394 g/mol. The van der Waals surface area contributed by atoms with Gasteiger partial charge in [0.25, 0.3) is 0 Å². The van der Waals surface area contributed by atoms with Gasteiger partial charge in [-0.05, 0) is 18.2 Å². The summed E-state index contributed by atoms with van der Waals surface area (Å²) < 4.78 is 0. The second-order valence-corrected chi connectivity index (χ2v) is 6.82. The zero-order chi connectivity index (χ0) is 20.4. The number of anilines is 2. The van der Waals surface area contributed by atoms with E-state index in [0.717, 1.165) is 11.3 Å². The van der Waals surface area contributed by atoms with Gasteiger partial charge < -0.3 is 10.4 Å². The topological polar surface area (TPSA) is 157 Å². The number of hydrogen-bond donors (Lipinski definition) is 4. The summed E-state index contributed by atoms with van der Waals surface area (Å²) in [7, 11) is 0. The first-order valence-electron chi connectivity index (χ1n) is 8.15. The summed E-state index contributed by atoms with van der Waals surface area (Å²) in [5.74, 6) is -1.12. The van der Waals surface area contributed by atoms with E-state index < -0.39 is 12.0 Å². The number of pyridine rings is 1. The molecule has 0 atom stereocenters. The number of carboxylic acid groups (broad SMARTS) is 1. The molecule has 0 radical (unpaired) electrons. The van der Waals surface area contributed by atoms with Crippen LogP contribution in [-0.2, 0) is 0 Å². The van der Waals surface area contributed by atoms with E-state index >= 15 is 0 Å². The van der Waals surface area contributed by atoms with Crippen LogP contribution in [0.4, 0.5) is 15.6 Å². The molecule has 0 aliphatic carbocycles. The molecule has 3 heterocycles. The molecule has 0 unspecified atom stereocenters. The first-order chi connectivity index (χ1) is 14.0. The fourth-order valence-corrected chi connectivity index (χ4v) is 3.53. The van der Waals surface area contributed by atoms with Crippen molar-refractivity contribution in [3.63, 3.8) is 0 Å². The van der Waals surface area contributed by atoms with E-state index in [1.54, 1.807) is 18.2 Å². The van der Waals surface area contributed by atoms with Crippen LogP contribution in [0.15, 0.2) is 42.9 Å². The number of carbonyl (C=O) groups is 2. The maximum absolute atomic E-state index is 12.2. The zero-order valence-corrected chi connectivity index (χ0v) is 15.3. The number of rotatable bonds is 4. The third kappa shape index (κ3) is 3.60. The van der Waals surface area contributed by atoms with Crippen molar-refractivity contribution >= 4 is 45.2 Å². The number of thiazole rings is 1. The minimum Gasteiger partial charge on any atom is -0.478 e. The van der Waals surface area contributed by atoms with Crippen molar-refractivity contribution in [3.05, 3.63) is 54.0 Å². The Morgan fingerprint density at radius 1 is 1.17 bits per heavy atom. The Bertz CT molecular complexity index is 1290. The highest BCUT2D eigenvalue weighted by Gasteiger charge is 2.20. The average Bonchev–Trinajstić information content (AvgIpc) is 3.36. The molecule has 0 bridgehead atoms. The van der Waals surface area contributed by atoms with Crippen LogP contribution in [0.1, 0.15) is 15.9 Å². The van der Waals surface area contributed by atoms with Crippen molar-refractivity contribution in [1.29, 1.82) is 5.26 Å². The van der Waals surface area contributed by atoms with Crippen molar-refractivity contribution in [3.8, 4) is 16.5 Å². The fourth-order valence-electron chi connectivity index (χ4n) is 2.70. The second kappa shape index (κ2) is 7.37. The van der Waals surface area contributed by atoms with E-state index in [1.807, 2.05) is 6.07 Å². The van der Waals surface area contributed by atoms with E-state index in [1.165, 1.54) is 24.7 Å². The highest BCUT2D eigenvalue weighted by Crippen LogP contribution is 2.33. The van der Waals surface area contributed by atoms with Gasteiger partial charge in [-0.15, -0.1) is 0 Å². The molecule has 4 N–H and O–H groups in total. The number of nitriles is 1. The number of hydrogen-bond acceptors (Lipinski definition) is 7. The van der Waals surface area contributed by atoms with Crippen LogP contribution < -0.4 is 10.6 Å². The lowest BCUT2D eigenvalue weighted by atomic mass is 10.1. The maximum Gasteiger partial charge on any atom is 0.337 e. The maximum atomic E-state index is 12.2. The van der Waals surface area contributed by atoms with Gasteiger partial charge in [0.1, 0.15) is 0 Å². The lowest BCUT2D eigenvalue weighted by molar-refractivity contribution is 0.0699. The Morgan fingerprint density at radius 3 is 2.83 bits per heavy atom. The summed E-state index contributed by atoms with van der Waals surface area (Å²) in [6.07, 6.45) is 4.29. The molecule has 0 spiro atoms. The fraction of sp³-hybridized carbons (Fsp3) is 0. The van der Waals surface area contributed by atoms with Crippen LogP contribution in [-0.4, -0.2) is 37.3 Å². The van der Waals surface area contributed by atoms with E-state index in [9.17, 15) is 14.7 Å². The van der Waals surface area contributed by atoms with Crippen LogP contribution in [0.25, 0.3) is 21.5 Å². The number of carbonyl (C=O) groups excluding carboxylic acids is 1. The van der Waals surface area contributed by atoms with Gasteiger partial charge in [0.05, 0.1) is 33.7 Å². The summed E-state index contributed by atoms with van der Waals surface area (Å²) in [6, 6.07) is 7.93. The SMILES string of the molecule is N#Cc1cccc(NC(=O)Nc2ncc(-c3cnc4[nH]ncc4c3C(=O)O)s2)c1. The van der Waals surface area contributed by atoms with Crippen molar-refractivity contribution in [2.24, 2.45) is 0 Å². The van der Waals surface area contributed by atoms with Gasteiger partial charge in [0, 0.05) is 23.6 Å². The van der Waals surface area contributed by atoms with Crippen LogP contribution in [0, 0.1) is 11.3 Å². The van der Waals surface area contributed by atoms with Crippen molar-refractivity contribution in [2.75, 3.05) is 10.6 Å². The number of carboxylic acids is 1. The Morgan fingerprint density at radius 2 is 2.03 bits per heavy atom. The molecule has 4 aromatic rings. The van der Waals surface area contributed by atoms with Crippen LogP contribution in [0.3, 0.4) is 0 Å². The van der Waals surface area contributed by atoms with Crippen molar-refractivity contribution in [2.45, 2.75) is 0 Å². The molecule has 0 aliphatic rings. The smallest absolute Gasteiger partial charge is 0.337 e. The molecular formula is C18H11N7O3S. The molecule has 142 valence electrons. The van der Waals surface area contributed by atoms with Crippen LogP contribution >= 0.6 is 11.3 Å². The predicted molar refractivity (Wildman–Crippen MR) is 106 cm³/mol. The Balaban J connectivity index is 1.57. The Hall–Kier alpha value is -4.30. The van der Waals surface area contributed by atoms with Gasteiger partial charge in [0.15, 0.2) is 10.8 Å². The third-order valence-corrected chi connectivity index (χ3v) is 4.88. The average molecular weight is 405 g/mol. The Labute approximate surface area is 166 Å². The summed E-state index contributed by atoms with van der Waals surface area (Å²) in [5.41, 5.74) is 1.67. The number of aromatic nitrogens is 4. The molecule has 3 aromatic heterocycles. The van der Waals surface area contributed by atoms with Gasteiger partial charge in [-0.25, -0.2) is 19.6 Å². The van der Waals surface area contributed by atoms with Crippen LogP contribution in [0.2, 0.25) is 0 Å². The summed E-state index contributed by atoms with van der Waals surface area (Å²) in [6.45, 7) is 0. The molecule has 29 heavy (non-hydrogen) atoms.